The minimum atomic E-state index is -0.0548. The predicted molar refractivity (Wildman–Crippen MR) is 86.9 cm³/mol. The molecule has 2 aromatic rings. The summed E-state index contributed by atoms with van der Waals surface area (Å²) in [6.07, 6.45) is 1.64. The van der Waals surface area contributed by atoms with Crippen molar-refractivity contribution in [2.24, 2.45) is 0 Å². The Kier molecular flexibility index (Phi) is 5.73. The van der Waals surface area contributed by atoms with Gasteiger partial charge in [0.1, 0.15) is 5.69 Å². The highest BCUT2D eigenvalue weighted by atomic mass is 79.9. The number of nitrogens with zero attached hydrogens (tertiary/aromatic N) is 2. The van der Waals surface area contributed by atoms with E-state index in [1.165, 1.54) is 0 Å². The van der Waals surface area contributed by atoms with Gasteiger partial charge in [-0.05, 0) is 33.6 Å². The maximum Gasteiger partial charge on any atom is 0.272 e. The Bertz CT molecular complexity index is 558. The van der Waals surface area contributed by atoms with Crippen LogP contribution in [0.5, 0.6) is 0 Å². The summed E-state index contributed by atoms with van der Waals surface area (Å²) in [5.74, 6) is -0.0548. The molecular weight excluding hydrogens is 384 g/mol. The topological polar surface area (TPSA) is 33.2 Å². The van der Waals surface area contributed by atoms with Gasteiger partial charge in [-0.1, -0.05) is 46.3 Å². The Balaban J connectivity index is 2.15. The fourth-order valence-corrected chi connectivity index (χ4v) is 2.49. The Morgan fingerprint density at radius 3 is 2.50 bits per heavy atom. The standard InChI is InChI=1S/C15H14Br2N2O/c16-8-9-19(11-12-4-2-1-3-5-12)15(20)14-7-6-13(17)10-18-14/h1-7,10H,8-9,11H2. The van der Waals surface area contributed by atoms with Gasteiger partial charge in [0.2, 0.25) is 0 Å². The highest BCUT2D eigenvalue weighted by Crippen LogP contribution is 2.12. The molecule has 0 radical (unpaired) electrons. The fourth-order valence-electron chi connectivity index (χ4n) is 1.82. The third-order valence-electron chi connectivity index (χ3n) is 2.80. The third-order valence-corrected chi connectivity index (χ3v) is 3.63. The van der Waals surface area contributed by atoms with Crippen LogP contribution in [0.25, 0.3) is 0 Å². The molecule has 0 aliphatic heterocycles. The lowest BCUT2D eigenvalue weighted by Gasteiger charge is -2.21. The van der Waals surface area contributed by atoms with Gasteiger partial charge in [-0.2, -0.15) is 0 Å². The third kappa shape index (κ3) is 4.15. The second-order valence-electron chi connectivity index (χ2n) is 4.26. The van der Waals surface area contributed by atoms with Gasteiger partial charge in [0.15, 0.2) is 0 Å². The van der Waals surface area contributed by atoms with Crippen molar-refractivity contribution in [3.63, 3.8) is 0 Å². The van der Waals surface area contributed by atoms with E-state index < -0.39 is 0 Å². The number of hydrogen-bond donors (Lipinski definition) is 0. The highest BCUT2D eigenvalue weighted by Gasteiger charge is 2.16. The predicted octanol–water partition coefficient (Wildman–Crippen LogP) is 3.88. The Morgan fingerprint density at radius 1 is 1.15 bits per heavy atom. The van der Waals surface area contributed by atoms with E-state index in [9.17, 15) is 4.79 Å². The van der Waals surface area contributed by atoms with Crippen LogP contribution in [0.15, 0.2) is 53.1 Å². The lowest BCUT2D eigenvalue weighted by molar-refractivity contribution is 0.0749. The first-order chi connectivity index (χ1) is 9.70. The van der Waals surface area contributed by atoms with Crippen molar-refractivity contribution in [3.8, 4) is 0 Å². The molecule has 104 valence electrons. The Morgan fingerprint density at radius 2 is 1.90 bits per heavy atom. The minimum absolute atomic E-state index is 0.0548. The summed E-state index contributed by atoms with van der Waals surface area (Å²) >= 11 is 6.72. The van der Waals surface area contributed by atoms with Gasteiger partial charge < -0.3 is 4.90 Å². The van der Waals surface area contributed by atoms with Crippen molar-refractivity contribution in [2.45, 2.75) is 6.54 Å². The molecule has 0 spiro atoms. The van der Waals surface area contributed by atoms with Crippen molar-refractivity contribution in [3.05, 3.63) is 64.4 Å². The number of rotatable bonds is 5. The van der Waals surface area contributed by atoms with Gasteiger partial charge in [-0.15, -0.1) is 0 Å². The number of carbonyl (C=O) groups is 1. The fraction of sp³-hybridized carbons (Fsp3) is 0.200. The van der Waals surface area contributed by atoms with Crippen molar-refractivity contribution >= 4 is 37.8 Å². The number of carbonyl (C=O) groups excluding carboxylic acids is 1. The number of amides is 1. The average Bonchev–Trinajstić information content (AvgIpc) is 2.48. The summed E-state index contributed by atoms with van der Waals surface area (Å²) in [4.78, 5) is 18.4. The largest absolute Gasteiger partial charge is 0.332 e. The molecule has 0 atom stereocenters. The van der Waals surface area contributed by atoms with E-state index in [-0.39, 0.29) is 5.91 Å². The second kappa shape index (κ2) is 7.55. The summed E-state index contributed by atoms with van der Waals surface area (Å²) in [7, 11) is 0. The second-order valence-corrected chi connectivity index (χ2v) is 5.97. The summed E-state index contributed by atoms with van der Waals surface area (Å²) in [5, 5.41) is 0.738. The van der Waals surface area contributed by atoms with Crippen LogP contribution < -0.4 is 0 Å². The van der Waals surface area contributed by atoms with Gasteiger partial charge in [0, 0.05) is 29.1 Å². The van der Waals surface area contributed by atoms with Gasteiger partial charge in [-0.3, -0.25) is 4.79 Å². The first-order valence-electron chi connectivity index (χ1n) is 6.21. The lowest BCUT2D eigenvalue weighted by Crippen LogP contribution is -2.32. The van der Waals surface area contributed by atoms with Gasteiger partial charge in [0.25, 0.3) is 5.91 Å². The smallest absolute Gasteiger partial charge is 0.272 e. The van der Waals surface area contributed by atoms with Crippen LogP contribution in [0, 0.1) is 0 Å². The van der Waals surface area contributed by atoms with Crippen LogP contribution in [0.4, 0.5) is 0 Å². The van der Waals surface area contributed by atoms with Crippen LogP contribution in [-0.2, 0) is 6.54 Å². The number of pyridine rings is 1. The number of hydrogen-bond acceptors (Lipinski definition) is 2. The maximum atomic E-state index is 12.5. The molecule has 2 rings (SSSR count). The number of halogens is 2. The molecule has 0 aliphatic rings. The molecule has 0 unspecified atom stereocenters. The first kappa shape index (κ1) is 15.2. The SMILES string of the molecule is O=C(c1ccc(Br)cn1)N(CCBr)Cc1ccccc1. The van der Waals surface area contributed by atoms with Crippen molar-refractivity contribution < 1.29 is 4.79 Å². The number of aromatic nitrogens is 1. The van der Waals surface area contributed by atoms with Crippen molar-refractivity contribution in [1.82, 2.24) is 9.88 Å². The summed E-state index contributed by atoms with van der Waals surface area (Å²) in [6.45, 7) is 1.23. The normalized spacial score (nSPS) is 10.3. The molecule has 0 N–H and O–H groups in total. The molecule has 1 aromatic heterocycles. The van der Waals surface area contributed by atoms with Crippen LogP contribution in [0.2, 0.25) is 0 Å². The minimum Gasteiger partial charge on any atom is -0.332 e. The van der Waals surface area contributed by atoms with Crippen LogP contribution in [0.3, 0.4) is 0 Å². The van der Waals surface area contributed by atoms with E-state index in [4.69, 9.17) is 0 Å². The quantitative estimate of drug-likeness (QED) is 0.717. The monoisotopic (exact) mass is 396 g/mol. The molecule has 0 fully saturated rings. The van der Waals surface area contributed by atoms with Crippen LogP contribution in [-0.4, -0.2) is 27.7 Å². The molecule has 1 heterocycles. The highest BCUT2D eigenvalue weighted by molar-refractivity contribution is 9.10. The molecule has 5 heteroatoms. The molecule has 0 aliphatic carbocycles. The molecule has 0 saturated heterocycles. The molecule has 1 aromatic carbocycles. The zero-order valence-electron chi connectivity index (χ0n) is 10.8. The Hall–Kier alpha value is -1.20. The number of benzene rings is 1. The summed E-state index contributed by atoms with van der Waals surface area (Å²) < 4.78 is 0.865. The molecule has 0 bridgehead atoms. The summed E-state index contributed by atoms with van der Waals surface area (Å²) in [5.41, 5.74) is 1.57. The van der Waals surface area contributed by atoms with Gasteiger partial charge in [-0.25, -0.2) is 4.98 Å². The number of alkyl halides is 1. The lowest BCUT2D eigenvalue weighted by atomic mass is 10.2. The van der Waals surface area contributed by atoms with E-state index in [1.807, 2.05) is 36.4 Å². The van der Waals surface area contributed by atoms with Gasteiger partial charge in [0.05, 0.1) is 0 Å². The van der Waals surface area contributed by atoms with E-state index in [2.05, 4.69) is 36.8 Å². The molecular formula is C15H14Br2N2O. The molecule has 20 heavy (non-hydrogen) atoms. The molecule has 1 amide bonds. The van der Waals surface area contributed by atoms with Crippen LogP contribution in [0.1, 0.15) is 16.1 Å². The molecule has 0 saturated carbocycles. The molecule has 3 nitrogen and oxygen atoms in total. The zero-order chi connectivity index (χ0) is 14.4. The van der Waals surface area contributed by atoms with E-state index in [1.54, 1.807) is 17.2 Å². The first-order valence-corrected chi connectivity index (χ1v) is 8.13. The van der Waals surface area contributed by atoms with Crippen molar-refractivity contribution in [2.75, 3.05) is 11.9 Å². The summed E-state index contributed by atoms with van der Waals surface area (Å²) in [6, 6.07) is 13.5. The van der Waals surface area contributed by atoms with Crippen LogP contribution >= 0.6 is 31.9 Å². The average molecular weight is 398 g/mol. The van der Waals surface area contributed by atoms with E-state index >= 15 is 0 Å². The van der Waals surface area contributed by atoms with Gasteiger partial charge >= 0.3 is 0 Å². The maximum absolute atomic E-state index is 12.5. The van der Waals surface area contributed by atoms with E-state index in [0.29, 0.717) is 18.8 Å². The van der Waals surface area contributed by atoms with Crippen molar-refractivity contribution in [1.29, 1.82) is 0 Å². The Labute approximate surface area is 135 Å². The zero-order valence-corrected chi connectivity index (χ0v) is 14.0. The van der Waals surface area contributed by atoms with E-state index in [0.717, 1.165) is 15.4 Å².